The monoisotopic (exact) mass is 361 g/mol. The van der Waals surface area contributed by atoms with Crippen LogP contribution in [0, 0.1) is 5.82 Å². The van der Waals surface area contributed by atoms with Crippen LogP contribution in [0.3, 0.4) is 0 Å². The van der Waals surface area contributed by atoms with Crippen LogP contribution in [0.25, 0.3) is 6.08 Å². The van der Waals surface area contributed by atoms with Gasteiger partial charge in [-0.3, -0.25) is 14.4 Å². The lowest BCUT2D eigenvalue weighted by Crippen LogP contribution is -2.27. The van der Waals surface area contributed by atoms with Crippen LogP contribution >= 0.6 is 23.4 Å². The number of rotatable bonds is 3. The van der Waals surface area contributed by atoms with Gasteiger partial charge in [0.25, 0.3) is 11.1 Å². The minimum absolute atomic E-state index is 0.167. The van der Waals surface area contributed by atoms with Gasteiger partial charge in [-0.25, -0.2) is 9.29 Å². The summed E-state index contributed by atoms with van der Waals surface area (Å²) in [5.74, 6) is -1.13. The van der Waals surface area contributed by atoms with Crippen LogP contribution in [0.5, 0.6) is 0 Å². The summed E-state index contributed by atoms with van der Waals surface area (Å²) >= 11 is 6.49. The van der Waals surface area contributed by atoms with Crippen LogP contribution in [-0.4, -0.2) is 17.4 Å². The minimum atomic E-state index is -0.627. The summed E-state index contributed by atoms with van der Waals surface area (Å²) in [4.78, 5) is 36.4. The Labute approximate surface area is 145 Å². The second-order valence-corrected chi connectivity index (χ2v) is 6.30. The summed E-state index contributed by atoms with van der Waals surface area (Å²) in [6, 6.07) is 10.2. The molecule has 1 aliphatic rings. The largest absolute Gasteiger partial charge is 0.298 e. The smallest absolute Gasteiger partial charge is 0.298 e. The lowest BCUT2D eigenvalue weighted by molar-refractivity contribution is -0.113. The molecule has 2 aromatic carbocycles. The van der Waals surface area contributed by atoms with E-state index in [0.717, 1.165) is 29.0 Å². The van der Waals surface area contributed by atoms with E-state index in [1.54, 1.807) is 30.3 Å². The van der Waals surface area contributed by atoms with E-state index in [-0.39, 0.29) is 15.6 Å². The van der Waals surface area contributed by atoms with Crippen molar-refractivity contribution < 1.29 is 18.8 Å². The van der Waals surface area contributed by atoms with E-state index in [1.165, 1.54) is 12.1 Å². The fourth-order valence-corrected chi connectivity index (χ4v) is 3.15. The normalized spacial score (nSPS) is 16.1. The van der Waals surface area contributed by atoms with Crippen molar-refractivity contribution in [2.24, 2.45) is 0 Å². The molecular weight excluding hydrogens is 353 g/mol. The first-order valence-corrected chi connectivity index (χ1v) is 7.97. The highest BCUT2D eigenvalue weighted by Gasteiger charge is 2.36. The molecule has 1 aliphatic heterocycles. The Morgan fingerprint density at radius 2 is 1.71 bits per heavy atom. The molecule has 1 saturated heterocycles. The molecule has 3 rings (SSSR count). The molecule has 1 fully saturated rings. The highest BCUT2D eigenvalue weighted by atomic mass is 35.5. The number of nitrogens with zero attached hydrogens (tertiary/aromatic N) is 1. The molecule has 0 aliphatic carbocycles. The number of amides is 2. The van der Waals surface area contributed by atoms with E-state index in [9.17, 15) is 18.8 Å². The molecule has 0 bridgehead atoms. The van der Waals surface area contributed by atoms with Crippen molar-refractivity contribution in [1.82, 2.24) is 0 Å². The summed E-state index contributed by atoms with van der Waals surface area (Å²) in [6.07, 6.45) is 2.28. The number of halogens is 2. The molecule has 0 aromatic heterocycles. The first kappa shape index (κ1) is 16.4. The molecule has 7 heteroatoms. The highest BCUT2D eigenvalue weighted by Crippen LogP contribution is 2.36. The van der Waals surface area contributed by atoms with E-state index in [2.05, 4.69) is 0 Å². The van der Waals surface area contributed by atoms with Crippen LogP contribution in [-0.2, 0) is 4.79 Å². The third-order valence-corrected chi connectivity index (χ3v) is 4.48. The Kier molecular flexibility index (Phi) is 4.51. The molecule has 2 amide bonds. The predicted molar refractivity (Wildman–Crippen MR) is 91.7 cm³/mol. The minimum Gasteiger partial charge on any atom is -0.298 e. The molecule has 120 valence electrons. The molecule has 0 N–H and O–H groups in total. The second kappa shape index (κ2) is 6.59. The summed E-state index contributed by atoms with van der Waals surface area (Å²) in [5.41, 5.74) is 1.41. The van der Waals surface area contributed by atoms with Crippen molar-refractivity contribution in [3.8, 4) is 0 Å². The third kappa shape index (κ3) is 3.11. The third-order valence-electron chi connectivity index (χ3n) is 3.33. The zero-order valence-electron chi connectivity index (χ0n) is 12.0. The van der Waals surface area contributed by atoms with Gasteiger partial charge in [0.2, 0.25) is 0 Å². The number of anilines is 1. The number of carbonyl (C=O) groups is 3. The highest BCUT2D eigenvalue weighted by molar-refractivity contribution is 8.19. The van der Waals surface area contributed by atoms with Crippen molar-refractivity contribution >= 4 is 52.6 Å². The zero-order valence-corrected chi connectivity index (χ0v) is 13.6. The van der Waals surface area contributed by atoms with Crippen LogP contribution in [0.2, 0.25) is 5.02 Å². The molecule has 0 atom stereocenters. The van der Waals surface area contributed by atoms with Gasteiger partial charge in [-0.15, -0.1) is 0 Å². The SMILES string of the molecule is O=Cc1ccc(C=C2SC(=O)N(c3ccc(F)c(Cl)c3)C2=O)cc1. The molecule has 4 nitrogen and oxygen atoms in total. The van der Waals surface area contributed by atoms with Gasteiger partial charge in [-0.05, 0) is 41.6 Å². The number of benzene rings is 2. The average Bonchev–Trinajstić information content (AvgIpc) is 2.85. The molecule has 0 radical (unpaired) electrons. The van der Waals surface area contributed by atoms with Crippen molar-refractivity contribution in [3.05, 3.63) is 69.3 Å². The molecule has 2 aromatic rings. The van der Waals surface area contributed by atoms with E-state index in [4.69, 9.17) is 11.6 Å². The van der Waals surface area contributed by atoms with Crippen LogP contribution < -0.4 is 4.90 Å². The lowest BCUT2D eigenvalue weighted by atomic mass is 10.1. The Morgan fingerprint density at radius 1 is 1.04 bits per heavy atom. The number of thioether (sulfide) groups is 1. The quantitative estimate of drug-likeness (QED) is 0.595. The predicted octanol–water partition coefficient (Wildman–Crippen LogP) is 4.53. The maximum absolute atomic E-state index is 13.2. The second-order valence-electron chi connectivity index (χ2n) is 4.90. The van der Waals surface area contributed by atoms with Crippen molar-refractivity contribution in [2.45, 2.75) is 0 Å². The number of hydrogen-bond donors (Lipinski definition) is 0. The van der Waals surface area contributed by atoms with Gasteiger partial charge in [-0.1, -0.05) is 35.9 Å². The van der Waals surface area contributed by atoms with E-state index in [1.807, 2.05) is 0 Å². The first-order chi connectivity index (χ1) is 11.5. The van der Waals surface area contributed by atoms with E-state index >= 15 is 0 Å². The van der Waals surface area contributed by atoms with Crippen LogP contribution in [0.15, 0.2) is 47.4 Å². The zero-order chi connectivity index (χ0) is 17.3. The van der Waals surface area contributed by atoms with Gasteiger partial charge in [0.05, 0.1) is 15.6 Å². The number of imide groups is 1. The maximum atomic E-state index is 13.2. The fourth-order valence-electron chi connectivity index (χ4n) is 2.14. The Bertz CT molecular complexity index is 880. The van der Waals surface area contributed by atoms with Gasteiger partial charge in [0, 0.05) is 5.56 Å². The van der Waals surface area contributed by atoms with Crippen LogP contribution in [0.1, 0.15) is 15.9 Å². The van der Waals surface area contributed by atoms with Gasteiger partial charge in [0.1, 0.15) is 12.1 Å². The molecular formula is C17H9ClFNO3S. The van der Waals surface area contributed by atoms with Gasteiger partial charge >= 0.3 is 0 Å². The van der Waals surface area contributed by atoms with Gasteiger partial charge in [0.15, 0.2) is 0 Å². The average molecular weight is 362 g/mol. The van der Waals surface area contributed by atoms with E-state index in [0.29, 0.717) is 11.1 Å². The molecule has 0 saturated carbocycles. The fraction of sp³-hybridized carbons (Fsp3) is 0. The molecule has 0 spiro atoms. The molecule has 0 unspecified atom stereocenters. The lowest BCUT2D eigenvalue weighted by Gasteiger charge is -2.12. The molecule has 24 heavy (non-hydrogen) atoms. The summed E-state index contributed by atoms with van der Waals surface area (Å²) in [6.45, 7) is 0. The Balaban J connectivity index is 1.91. The Hall–Kier alpha value is -2.44. The van der Waals surface area contributed by atoms with Crippen molar-refractivity contribution in [3.63, 3.8) is 0 Å². The number of aldehydes is 1. The van der Waals surface area contributed by atoms with Crippen molar-refractivity contribution in [1.29, 1.82) is 0 Å². The summed E-state index contributed by atoms with van der Waals surface area (Å²) < 4.78 is 13.2. The summed E-state index contributed by atoms with van der Waals surface area (Å²) in [5, 5.41) is -0.654. The Morgan fingerprint density at radius 3 is 2.33 bits per heavy atom. The maximum Gasteiger partial charge on any atom is 0.298 e. The van der Waals surface area contributed by atoms with Crippen molar-refractivity contribution in [2.75, 3.05) is 4.90 Å². The first-order valence-electron chi connectivity index (χ1n) is 6.78. The van der Waals surface area contributed by atoms with Gasteiger partial charge in [-0.2, -0.15) is 0 Å². The summed E-state index contributed by atoms with van der Waals surface area (Å²) in [7, 11) is 0. The number of carbonyl (C=O) groups excluding carboxylic acids is 3. The molecule has 1 heterocycles. The number of hydrogen-bond acceptors (Lipinski definition) is 4. The van der Waals surface area contributed by atoms with Crippen LogP contribution in [0.4, 0.5) is 14.9 Å². The van der Waals surface area contributed by atoms with Gasteiger partial charge < -0.3 is 0 Å². The van der Waals surface area contributed by atoms with E-state index < -0.39 is 17.0 Å². The topological polar surface area (TPSA) is 54.5 Å². The standard InChI is InChI=1S/C17H9ClFNO3S/c18-13-8-12(5-6-14(13)19)20-16(22)15(24-17(20)23)7-10-1-3-11(9-21)4-2-10/h1-9H.